The third-order valence-corrected chi connectivity index (χ3v) is 7.43. The average Bonchev–Trinajstić information content (AvgIpc) is 2.73. The lowest BCUT2D eigenvalue weighted by atomic mass is 9.75. The van der Waals surface area contributed by atoms with Gasteiger partial charge in [0, 0.05) is 0 Å². The Bertz CT molecular complexity index is 1140. The minimum Gasteiger partial charge on any atom is -0.451 e. The molecule has 0 radical (unpaired) electrons. The van der Waals surface area contributed by atoms with Crippen LogP contribution in [0.4, 0.5) is 0 Å². The summed E-state index contributed by atoms with van der Waals surface area (Å²) in [7, 11) is -4.06. The van der Waals surface area contributed by atoms with Gasteiger partial charge in [0.05, 0.1) is 5.71 Å². The van der Waals surface area contributed by atoms with Crippen LogP contribution >= 0.6 is 0 Å². The predicted octanol–water partition coefficient (Wildman–Crippen LogP) is 6.20. The van der Waals surface area contributed by atoms with Gasteiger partial charge in [-0.25, -0.2) is 4.79 Å². The lowest BCUT2D eigenvalue weighted by molar-refractivity contribution is -0.167. The molecule has 0 spiro atoms. The first-order chi connectivity index (χ1) is 15.6. The number of carbonyl (C=O) groups is 1. The van der Waals surface area contributed by atoms with Crippen LogP contribution in [0.15, 0.2) is 65.7 Å². The molecule has 2 atom stereocenters. The largest absolute Gasteiger partial charge is 0.451 e. The van der Waals surface area contributed by atoms with E-state index in [1.807, 2.05) is 81.4 Å². The molecule has 0 saturated carbocycles. The van der Waals surface area contributed by atoms with Gasteiger partial charge in [-0.05, 0) is 51.5 Å². The molecule has 2 aromatic rings. The molecule has 180 valence electrons. The SMILES string of the molecule is CC1(C)OC(=O)C(C)(C(C#C[Si](C)(C)C)(O[Si](C)(C)C)c2ccccc2)N=C1c1ccccc1. The molecule has 6 heteroatoms. The Morgan fingerprint density at radius 2 is 1.41 bits per heavy atom. The van der Waals surface area contributed by atoms with Crippen LogP contribution < -0.4 is 0 Å². The Morgan fingerprint density at radius 3 is 1.91 bits per heavy atom. The van der Waals surface area contributed by atoms with Crippen molar-refractivity contribution in [2.45, 2.75) is 76.8 Å². The van der Waals surface area contributed by atoms with E-state index in [-0.39, 0.29) is 0 Å². The van der Waals surface area contributed by atoms with Crippen molar-refractivity contribution in [1.29, 1.82) is 0 Å². The highest BCUT2D eigenvalue weighted by Gasteiger charge is 2.61. The van der Waals surface area contributed by atoms with Crippen molar-refractivity contribution < 1.29 is 14.0 Å². The average molecular weight is 492 g/mol. The van der Waals surface area contributed by atoms with Gasteiger partial charge in [-0.15, -0.1) is 5.54 Å². The molecule has 0 fully saturated rings. The molecule has 0 aliphatic carbocycles. The van der Waals surface area contributed by atoms with Crippen LogP contribution in [-0.2, 0) is 19.6 Å². The number of benzene rings is 2. The van der Waals surface area contributed by atoms with Crippen LogP contribution in [0.25, 0.3) is 0 Å². The number of aliphatic imine (C=N–C) groups is 1. The fourth-order valence-electron chi connectivity index (χ4n) is 4.08. The topological polar surface area (TPSA) is 47.9 Å². The Hall–Kier alpha value is -2.47. The number of carbonyl (C=O) groups excluding carboxylic acids is 1. The molecular weight excluding hydrogens is 454 g/mol. The molecule has 0 aromatic heterocycles. The summed E-state index contributed by atoms with van der Waals surface area (Å²) in [6.07, 6.45) is 0. The molecular formula is C28H37NO3Si2. The van der Waals surface area contributed by atoms with Gasteiger partial charge < -0.3 is 9.16 Å². The minimum atomic E-state index is -2.23. The van der Waals surface area contributed by atoms with Crippen molar-refractivity contribution in [3.8, 4) is 11.5 Å². The maximum atomic E-state index is 13.9. The Balaban J connectivity index is 2.43. The van der Waals surface area contributed by atoms with Gasteiger partial charge >= 0.3 is 5.97 Å². The third kappa shape index (κ3) is 5.27. The van der Waals surface area contributed by atoms with E-state index in [2.05, 4.69) is 50.7 Å². The number of cyclic esters (lactones) is 1. The molecule has 0 amide bonds. The second-order valence-electron chi connectivity index (χ2n) is 11.6. The summed E-state index contributed by atoms with van der Waals surface area (Å²) in [6.45, 7) is 18.5. The zero-order valence-electron chi connectivity index (χ0n) is 21.9. The summed E-state index contributed by atoms with van der Waals surface area (Å²) in [4.78, 5) is 19.1. The van der Waals surface area contributed by atoms with Crippen molar-refractivity contribution in [2.24, 2.45) is 4.99 Å². The van der Waals surface area contributed by atoms with Gasteiger partial charge in [-0.2, -0.15) is 0 Å². The number of nitrogens with zero attached hydrogens (tertiary/aromatic N) is 1. The fraction of sp³-hybridized carbons (Fsp3) is 0.429. The first-order valence-electron chi connectivity index (χ1n) is 11.8. The first kappa shape index (κ1) is 26.1. The monoisotopic (exact) mass is 491 g/mol. The van der Waals surface area contributed by atoms with Crippen LogP contribution in [0.3, 0.4) is 0 Å². The molecule has 0 bridgehead atoms. The maximum absolute atomic E-state index is 13.9. The highest BCUT2D eigenvalue weighted by molar-refractivity contribution is 6.83. The summed E-state index contributed by atoms with van der Waals surface area (Å²) in [5.41, 5.74) is 2.39. The Kier molecular flexibility index (Phi) is 6.89. The summed E-state index contributed by atoms with van der Waals surface area (Å²) >= 11 is 0. The van der Waals surface area contributed by atoms with E-state index in [4.69, 9.17) is 14.2 Å². The van der Waals surface area contributed by atoms with Crippen molar-refractivity contribution in [3.63, 3.8) is 0 Å². The molecule has 0 saturated heterocycles. The number of hydrogen-bond donors (Lipinski definition) is 0. The number of esters is 1. The molecule has 1 aliphatic rings. The van der Waals surface area contributed by atoms with E-state index in [1.54, 1.807) is 0 Å². The molecule has 4 nitrogen and oxygen atoms in total. The van der Waals surface area contributed by atoms with E-state index in [0.717, 1.165) is 11.1 Å². The van der Waals surface area contributed by atoms with Crippen molar-refractivity contribution in [2.75, 3.05) is 0 Å². The molecule has 2 aromatic carbocycles. The highest BCUT2D eigenvalue weighted by atomic mass is 28.4. The summed E-state index contributed by atoms with van der Waals surface area (Å²) in [6, 6.07) is 19.7. The van der Waals surface area contributed by atoms with Crippen LogP contribution in [-0.4, -0.2) is 39.2 Å². The molecule has 3 rings (SSSR count). The maximum Gasteiger partial charge on any atom is 0.339 e. The Morgan fingerprint density at radius 1 is 0.882 bits per heavy atom. The van der Waals surface area contributed by atoms with Gasteiger partial charge in [0.2, 0.25) is 0 Å². The van der Waals surface area contributed by atoms with E-state index in [1.165, 1.54) is 0 Å². The van der Waals surface area contributed by atoms with Crippen LogP contribution in [0.2, 0.25) is 39.3 Å². The highest BCUT2D eigenvalue weighted by Crippen LogP contribution is 2.46. The molecule has 0 N–H and O–H groups in total. The van der Waals surface area contributed by atoms with Gasteiger partial charge in [0.25, 0.3) is 0 Å². The second-order valence-corrected chi connectivity index (χ2v) is 20.7. The summed E-state index contributed by atoms with van der Waals surface area (Å²) in [5.74, 6) is 3.08. The third-order valence-electron chi connectivity index (χ3n) is 5.64. The van der Waals surface area contributed by atoms with Crippen LogP contribution in [0.5, 0.6) is 0 Å². The molecule has 2 unspecified atom stereocenters. The first-order valence-corrected chi connectivity index (χ1v) is 18.7. The van der Waals surface area contributed by atoms with Crippen molar-refractivity contribution in [3.05, 3.63) is 71.8 Å². The number of hydrogen-bond acceptors (Lipinski definition) is 4. The van der Waals surface area contributed by atoms with Gasteiger partial charge in [0.1, 0.15) is 13.7 Å². The normalized spacial score (nSPS) is 22.0. The van der Waals surface area contributed by atoms with Crippen molar-refractivity contribution in [1.82, 2.24) is 0 Å². The van der Waals surface area contributed by atoms with E-state index in [9.17, 15) is 4.79 Å². The standard InChI is InChI=1S/C28H37NO3Si2/c1-26(2)24(22-16-12-10-13-17-22)29-27(3,25(30)31-26)28(32-34(7,8)9,20-21-33(4,5)6)23-18-14-11-15-19-23/h10-19H,1-9H3. The summed E-state index contributed by atoms with van der Waals surface area (Å²) in [5, 5.41) is 0. The number of ether oxygens (including phenoxy) is 1. The minimum absolute atomic E-state index is 0.427. The van der Waals surface area contributed by atoms with E-state index in [0.29, 0.717) is 5.71 Å². The van der Waals surface area contributed by atoms with Gasteiger partial charge in [-0.3, -0.25) is 4.99 Å². The van der Waals surface area contributed by atoms with Crippen LogP contribution in [0, 0.1) is 11.5 Å². The quantitative estimate of drug-likeness (QED) is 0.284. The second kappa shape index (κ2) is 8.96. The van der Waals surface area contributed by atoms with Crippen molar-refractivity contribution >= 4 is 28.1 Å². The lowest BCUT2D eigenvalue weighted by Crippen LogP contribution is -2.63. The summed E-state index contributed by atoms with van der Waals surface area (Å²) < 4.78 is 13.1. The molecule has 1 heterocycles. The van der Waals surface area contributed by atoms with Gasteiger partial charge in [0.15, 0.2) is 19.5 Å². The van der Waals surface area contributed by atoms with Gasteiger partial charge in [-0.1, -0.05) is 86.2 Å². The van der Waals surface area contributed by atoms with E-state index < -0.39 is 39.1 Å². The predicted molar refractivity (Wildman–Crippen MR) is 145 cm³/mol. The van der Waals surface area contributed by atoms with Crippen LogP contribution in [0.1, 0.15) is 31.9 Å². The smallest absolute Gasteiger partial charge is 0.339 e. The van der Waals surface area contributed by atoms with E-state index >= 15 is 0 Å². The Labute approximate surface area is 206 Å². The zero-order valence-corrected chi connectivity index (χ0v) is 23.9. The zero-order chi connectivity index (χ0) is 25.4. The molecule has 34 heavy (non-hydrogen) atoms. The number of rotatable bonds is 5. The molecule has 1 aliphatic heterocycles. The fourth-order valence-corrected chi connectivity index (χ4v) is 5.92. The lowest BCUT2D eigenvalue weighted by Gasteiger charge is -2.48.